The minimum absolute atomic E-state index is 0.278. The molecule has 1 unspecified atom stereocenters. The molecule has 0 amide bonds. The zero-order valence-electron chi connectivity index (χ0n) is 10.5. The van der Waals surface area contributed by atoms with Crippen molar-refractivity contribution in [3.8, 4) is 0 Å². The fourth-order valence-electron chi connectivity index (χ4n) is 2.00. The average Bonchev–Trinajstić information content (AvgIpc) is 2.83. The third kappa shape index (κ3) is 2.56. The lowest BCUT2D eigenvalue weighted by Crippen LogP contribution is -1.90. The van der Waals surface area contributed by atoms with Crippen LogP contribution in [-0.2, 0) is 0 Å². The summed E-state index contributed by atoms with van der Waals surface area (Å²) in [7, 11) is 0. The summed E-state index contributed by atoms with van der Waals surface area (Å²) < 4.78 is 0. The average molecular weight is 270 g/mol. The van der Waals surface area contributed by atoms with E-state index in [9.17, 15) is 0 Å². The van der Waals surface area contributed by atoms with Gasteiger partial charge in [-0.2, -0.15) is 4.98 Å². The van der Waals surface area contributed by atoms with Crippen molar-refractivity contribution in [1.29, 1.82) is 0 Å². The van der Waals surface area contributed by atoms with E-state index < -0.39 is 0 Å². The Kier molecular flexibility index (Phi) is 3.13. The van der Waals surface area contributed by atoms with Gasteiger partial charge in [0, 0.05) is 5.25 Å². The molecule has 3 rings (SSSR count). The first-order valence-corrected chi connectivity index (χ1v) is 6.93. The third-order valence-corrected chi connectivity index (χ3v) is 4.03. The summed E-state index contributed by atoms with van der Waals surface area (Å²) in [5.41, 5.74) is 6.78. The van der Waals surface area contributed by atoms with Crippen LogP contribution in [0.1, 0.15) is 17.7 Å². The molecule has 1 aromatic heterocycles. The highest BCUT2D eigenvalue weighted by atomic mass is 32.2. The van der Waals surface area contributed by atoms with Crippen LogP contribution in [0.25, 0.3) is 10.8 Å². The van der Waals surface area contributed by atoms with Gasteiger partial charge in [0.25, 0.3) is 0 Å². The Hall–Kier alpha value is -2.01. The first-order chi connectivity index (χ1) is 9.22. The van der Waals surface area contributed by atoms with Gasteiger partial charge in [0.1, 0.15) is 0 Å². The standard InChI is InChI=1S/C14H14N4S/c1-9(19-14-16-13(15)17-18-14)11-7-6-10-4-2-3-5-12(10)8-11/h2-9H,1H3,(H3,15,16,17,18). The van der Waals surface area contributed by atoms with Gasteiger partial charge in [-0.3, -0.25) is 0 Å². The van der Waals surface area contributed by atoms with E-state index in [4.69, 9.17) is 5.73 Å². The Morgan fingerprint density at radius 1 is 1.16 bits per heavy atom. The van der Waals surface area contributed by atoms with E-state index in [-0.39, 0.29) is 5.25 Å². The monoisotopic (exact) mass is 270 g/mol. The van der Waals surface area contributed by atoms with Gasteiger partial charge in [-0.1, -0.05) is 54.2 Å². The van der Waals surface area contributed by atoms with Crippen LogP contribution in [0.3, 0.4) is 0 Å². The highest BCUT2D eigenvalue weighted by molar-refractivity contribution is 7.99. The van der Waals surface area contributed by atoms with Crippen LogP contribution >= 0.6 is 11.8 Å². The van der Waals surface area contributed by atoms with E-state index in [0.29, 0.717) is 11.1 Å². The number of nitrogen functional groups attached to an aromatic ring is 1. The van der Waals surface area contributed by atoms with Gasteiger partial charge in [-0.25, -0.2) is 5.10 Å². The van der Waals surface area contributed by atoms with Gasteiger partial charge in [0.05, 0.1) is 0 Å². The van der Waals surface area contributed by atoms with E-state index in [1.54, 1.807) is 11.8 Å². The van der Waals surface area contributed by atoms with Crippen molar-refractivity contribution in [2.24, 2.45) is 0 Å². The highest BCUT2D eigenvalue weighted by Gasteiger charge is 2.11. The molecule has 3 N–H and O–H groups in total. The van der Waals surface area contributed by atoms with Crippen molar-refractivity contribution in [3.05, 3.63) is 48.0 Å². The number of hydrogen-bond acceptors (Lipinski definition) is 4. The molecule has 3 aromatic rings. The van der Waals surface area contributed by atoms with E-state index in [1.807, 2.05) is 0 Å². The minimum Gasteiger partial charge on any atom is -0.368 e. The molecule has 0 radical (unpaired) electrons. The van der Waals surface area contributed by atoms with Crippen LogP contribution in [-0.4, -0.2) is 15.2 Å². The number of fused-ring (bicyclic) bond motifs is 1. The quantitative estimate of drug-likeness (QED) is 0.716. The molecule has 0 saturated carbocycles. The van der Waals surface area contributed by atoms with Gasteiger partial charge in [0.15, 0.2) is 0 Å². The molecule has 0 bridgehead atoms. The van der Waals surface area contributed by atoms with Crippen molar-refractivity contribution >= 4 is 28.5 Å². The molecule has 0 fully saturated rings. The van der Waals surface area contributed by atoms with Gasteiger partial charge in [0.2, 0.25) is 11.1 Å². The molecule has 0 aliphatic rings. The molecule has 0 saturated heterocycles. The lowest BCUT2D eigenvalue weighted by Gasteiger charge is -2.10. The molecular formula is C14H14N4S. The Bertz CT molecular complexity index is 707. The number of benzene rings is 2. The Morgan fingerprint density at radius 2 is 1.95 bits per heavy atom. The summed E-state index contributed by atoms with van der Waals surface area (Å²) in [6.07, 6.45) is 0. The minimum atomic E-state index is 0.278. The predicted molar refractivity (Wildman–Crippen MR) is 79.0 cm³/mol. The number of thioether (sulfide) groups is 1. The normalized spacial score (nSPS) is 12.7. The largest absolute Gasteiger partial charge is 0.368 e. The second kappa shape index (κ2) is 4.93. The molecule has 4 nitrogen and oxygen atoms in total. The van der Waals surface area contributed by atoms with E-state index in [1.165, 1.54) is 16.3 Å². The van der Waals surface area contributed by atoms with E-state index in [2.05, 4.69) is 64.6 Å². The highest BCUT2D eigenvalue weighted by Crippen LogP contribution is 2.34. The second-order valence-corrected chi connectivity index (χ2v) is 5.68. The van der Waals surface area contributed by atoms with Crippen LogP contribution in [0, 0.1) is 0 Å². The molecule has 0 aliphatic heterocycles. The van der Waals surface area contributed by atoms with Crippen molar-refractivity contribution in [2.75, 3.05) is 5.73 Å². The van der Waals surface area contributed by atoms with Crippen LogP contribution in [0.5, 0.6) is 0 Å². The SMILES string of the molecule is CC(Sc1n[nH]c(N)n1)c1ccc2ccccc2c1. The summed E-state index contributed by atoms with van der Waals surface area (Å²) >= 11 is 1.59. The maximum atomic E-state index is 5.52. The third-order valence-electron chi connectivity index (χ3n) is 3.01. The molecule has 5 heteroatoms. The number of hydrogen-bond donors (Lipinski definition) is 2. The number of nitrogens with one attached hydrogen (secondary N) is 1. The van der Waals surface area contributed by atoms with Gasteiger partial charge < -0.3 is 5.73 Å². The van der Waals surface area contributed by atoms with Crippen molar-refractivity contribution in [2.45, 2.75) is 17.3 Å². The van der Waals surface area contributed by atoms with Gasteiger partial charge in [-0.05, 0) is 23.3 Å². The van der Waals surface area contributed by atoms with Crippen LogP contribution in [0.15, 0.2) is 47.6 Å². The van der Waals surface area contributed by atoms with Gasteiger partial charge in [-0.15, -0.1) is 5.10 Å². The summed E-state index contributed by atoms with van der Waals surface area (Å²) in [4.78, 5) is 4.11. The maximum Gasteiger partial charge on any atom is 0.216 e. The van der Waals surface area contributed by atoms with Crippen LogP contribution < -0.4 is 5.73 Å². The zero-order chi connectivity index (χ0) is 13.2. The molecule has 19 heavy (non-hydrogen) atoms. The molecular weight excluding hydrogens is 256 g/mol. The molecule has 0 spiro atoms. The smallest absolute Gasteiger partial charge is 0.216 e. The number of rotatable bonds is 3. The van der Waals surface area contributed by atoms with E-state index >= 15 is 0 Å². The fraction of sp³-hybridized carbons (Fsp3) is 0.143. The number of aromatic amines is 1. The first kappa shape index (κ1) is 12.0. The second-order valence-electron chi connectivity index (χ2n) is 4.37. The lowest BCUT2D eigenvalue weighted by molar-refractivity contribution is 0.960. The number of nitrogens with zero attached hydrogens (tertiary/aromatic N) is 2. The summed E-state index contributed by atoms with van der Waals surface area (Å²) in [6, 6.07) is 14.9. The number of nitrogens with two attached hydrogens (primary N) is 1. The summed E-state index contributed by atoms with van der Waals surface area (Å²) in [5.74, 6) is 0.355. The van der Waals surface area contributed by atoms with Crippen molar-refractivity contribution < 1.29 is 0 Å². The van der Waals surface area contributed by atoms with Crippen molar-refractivity contribution in [3.63, 3.8) is 0 Å². The van der Waals surface area contributed by atoms with Crippen LogP contribution in [0.4, 0.5) is 5.95 Å². The fourth-order valence-corrected chi connectivity index (χ4v) is 2.85. The van der Waals surface area contributed by atoms with Crippen LogP contribution in [0.2, 0.25) is 0 Å². The topological polar surface area (TPSA) is 67.6 Å². The van der Waals surface area contributed by atoms with E-state index in [0.717, 1.165) is 0 Å². The summed E-state index contributed by atoms with van der Waals surface area (Å²) in [5, 5.41) is 10.2. The number of H-pyrrole nitrogens is 1. The maximum absolute atomic E-state index is 5.52. The Balaban J connectivity index is 1.86. The van der Waals surface area contributed by atoms with Gasteiger partial charge >= 0.3 is 0 Å². The number of anilines is 1. The molecule has 1 heterocycles. The molecule has 1 atom stereocenters. The van der Waals surface area contributed by atoms with Crippen molar-refractivity contribution in [1.82, 2.24) is 15.2 Å². The number of aromatic nitrogens is 3. The predicted octanol–water partition coefficient (Wildman–Crippen LogP) is 3.39. The Morgan fingerprint density at radius 3 is 2.68 bits per heavy atom. The lowest BCUT2D eigenvalue weighted by atomic mass is 10.1. The first-order valence-electron chi connectivity index (χ1n) is 6.05. The molecule has 2 aromatic carbocycles. The molecule has 96 valence electrons. The summed E-state index contributed by atoms with van der Waals surface area (Å²) in [6.45, 7) is 2.14. The molecule has 0 aliphatic carbocycles. The zero-order valence-corrected chi connectivity index (χ0v) is 11.3. The Labute approximate surface area is 115 Å².